The van der Waals surface area contributed by atoms with Gasteiger partial charge in [-0.05, 0) is 31.4 Å². The lowest BCUT2D eigenvalue weighted by molar-refractivity contribution is 0.428. The number of nitrogens with zero attached hydrogens (tertiary/aromatic N) is 5. The van der Waals surface area contributed by atoms with Crippen LogP contribution >= 0.6 is 0 Å². The van der Waals surface area contributed by atoms with Crippen LogP contribution in [0.15, 0.2) is 47.6 Å². The van der Waals surface area contributed by atoms with Gasteiger partial charge in [0, 0.05) is 36.8 Å². The Morgan fingerprint density at radius 2 is 1.92 bits per heavy atom. The number of hydrogen-bond donors (Lipinski definition) is 0. The molecule has 3 aromatic rings. The van der Waals surface area contributed by atoms with E-state index >= 15 is 0 Å². The zero-order chi connectivity index (χ0) is 17.7. The highest BCUT2D eigenvalue weighted by Crippen LogP contribution is 2.39. The largest absolute Gasteiger partial charge is 0.255 e. The fourth-order valence-corrected chi connectivity index (χ4v) is 5.26. The lowest BCUT2D eigenvalue weighted by Gasteiger charge is -2.17. The zero-order valence-corrected chi connectivity index (χ0v) is 15.0. The van der Waals surface area contributed by atoms with E-state index in [2.05, 4.69) is 15.3 Å². The molecule has 0 radical (unpaired) electrons. The summed E-state index contributed by atoms with van der Waals surface area (Å²) in [7, 11) is -3.59. The second kappa shape index (κ2) is 5.85. The molecule has 0 unspecified atom stereocenters. The van der Waals surface area contributed by atoms with Crippen molar-refractivity contribution in [2.45, 2.75) is 36.1 Å². The fourth-order valence-electron chi connectivity index (χ4n) is 3.60. The third-order valence-electron chi connectivity index (χ3n) is 5.24. The minimum atomic E-state index is -3.59. The van der Waals surface area contributed by atoms with Gasteiger partial charge in [-0.15, -0.1) is 5.10 Å². The van der Waals surface area contributed by atoms with Crippen molar-refractivity contribution in [2.75, 3.05) is 13.1 Å². The molecule has 0 amide bonds. The lowest BCUT2D eigenvalue weighted by atomic mass is 10.2. The first kappa shape index (κ1) is 15.9. The van der Waals surface area contributed by atoms with Crippen molar-refractivity contribution in [3.8, 4) is 0 Å². The van der Waals surface area contributed by atoms with Gasteiger partial charge in [0.15, 0.2) is 0 Å². The molecule has 1 aliphatic heterocycles. The predicted molar refractivity (Wildman–Crippen MR) is 96.2 cm³/mol. The maximum Gasteiger partial charge on any atom is 0.245 e. The number of fused-ring (bicyclic) bond motifs is 1. The van der Waals surface area contributed by atoms with Crippen LogP contribution < -0.4 is 0 Å². The van der Waals surface area contributed by atoms with E-state index in [0.717, 1.165) is 17.5 Å². The Hall–Kier alpha value is -2.32. The Morgan fingerprint density at radius 3 is 2.77 bits per heavy atom. The van der Waals surface area contributed by atoms with Gasteiger partial charge in [-0.2, -0.15) is 4.31 Å². The molecule has 5 rings (SSSR count). The van der Waals surface area contributed by atoms with Crippen LogP contribution in [0, 0.1) is 0 Å². The van der Waals surface area contributed by atoms with Crippen LogP contribution in [0.2, 0.25) is 0 Å². The SMILES string of the molecule is O=S(=O)(c1cccc2cccnc12)N1CC[C@@H](n2cc(C3CC3)nn2)C1. The molecule has 8 heteroatoms. The van der Waals surface area contributed by atoms with Crippen LogP contribution in [0.3, 0.4) is 0 Å². The van der Waals surface area contributed by atoms with Crippen molar-refractivity contribution < 1.29 is 8.42 Å². The molecular formula is C18H19N5O2S. The Balaban J connectivity index is 1.43. The van der Waals surface area contributed by atoms with Crippen LogP contribution in [-0.4, -0.2) is 45.8 Å². The highest BCUT2D eigenvalue weighted by atomic mass is 32.2. The Labute approximate surface area is 151 Å². The standard InChI is InChI=1S/C18H19N5O2S/c24-26(25,17-5-1-3-14-4-2-9-19-18(14)17)22-10-8-15(11-22)23-12-16(20-21-23)13-6-7-13/h1-5,9,12-13,15H,6-8,10-11H2/t15-/m1/s1. The molecule has 0 N–H and O–H groups in total. The molecule has 3 heterocycles. The normalized spacial score (nSPS) is 21.5. The number of para-hydroxylation sites is 1. The van der Waals surface area contributed by atoms with Crippen LogP contribution in [0.4, 0.5) is 0 Å². The van der Waals surface area contributed by atoms with Gasteiger partial charge < -0.3 is 0 Å². The quantitative estimate of drug-likeness (QED) is 0.705. The molecule has 1 aliphatic carbocycles. The van der Waals surface area contributed by atoms with Crippen molar-refractivity contribution in [1.82, 2.24) is 24.3 Å². The van der Waals surface area contributed by atoms with E-state index in [1.165, 1.54) is 12.8 Å². The first-order chi connectivity index (χ1) is 12.6. The van der Waals surface area contributed by atoms with E-state index in [1.807, 2.05) is 29.1 Å². The summed E-state index contributed by atoms with van der Waals surface area (Å²) in [4.78, 5) is 4.56. The van der Waals surface area contributed by atoms with Crippen molar-refractivity contribution >= 4 is 20.9 Å². The molecule has 1 saturated carbocycles. The molecule has 1 saturated heterocycles. The van der Waals surface area contributed by atoms with E-state index < -0.39 is 10.0 Å². The third-order valence-corrected chi connectivity index (χ3v) is 7.13. The lowest BCUT2D eigenvalue weighted by Crippen LogP contribution is -2.29. The molecule has 0 spiro atoms. The molecular weight excluding hydrogens is 350 g/mol. The number of aromatic nitrogens is 4. The topological polar surface area (TPSA) is 81.0 Å². The van der Waals surface area contributed by atoms with Gasteiger partial charge in [-0.3, -0.25) is 4.98 Å². The summed E-state index contributed by atoms with van der Waals surface area (Å²) in [5.41, 5.74) is 1.56. The van der Waals surface area contributed by atoms with Gasteiger partial charge in [-0.1, -0.05) is 23.4 Å². The highest BCUT2D eigenvalue weighted by Gasteiger charge is 2.35. The predicted octanol–water partition coefficient (Wildman–Crippen LogP) is 2.34. The van der Waals surface area contributed by atoms with Crippen LogP contribution in [0.1, 0.15) is 36.9 Å². The van der Waals surface area contributed by atoms with Crippen molar-refractivity contribution in [1.29, 1.82) is 0 Å². The number of rotatable bonds is 4. The maximum atomic E-state index is 13.2. The highest BCUT2D eigenvalue weighted by molar-refractivity contribution is 7.89. The first-order valence-electron chi connectivity index (χ1n) is 8.88. The number of hydrogen-bond acceptors (Lipinski definition) is 5. The molecule has 0 bridgehead atoms. The van der Waals surface area contributed by atoms with Crippen molar-refractivity contribution in [2.24, 2.45) is 0 Å². The summed E-state index contributed by atoms with van der Waals surface area (Å²) in [5, 5.41) is 9.30. The smallest absolute Gasteiger partial charge is 0.245 e. The van der Waals surface area contributed by atoms with E-state index in [-0.39, 0.29) is 10.9 Å². The molecule has 26 heavy (non-hydrogen) atoms. The Morgan fingerprint density at radius 1 is 1.08 bits per heavy atom. The van der Waals surface area contributed by atoms with E-state index in [0.29, 0.717) is 24.5 Å². The second-order valence-electron chi connectivity index (χ2n) is 7.03. The van der Waals surface area contributed by atoms with E-state index in [4.69, 9.17) is 0 Å². The average Bonchev–Trinajstić information content (AvgIpc) is 3.18. The molecule has 7 nitrogen and oxygen atoms in total. The third kappa shape index (κ3) is 2.60. The zero-order valence-electron chi connectivity index (χ0n) is 14.2. The molecule has 2 aromatic heterocycles. The van der Waals surface area contributed by atoms with Crippen molar-refractivity contribution in [3.63, 3.8) is 0 Å². The van der Waals surface area contributed by atoms with E-state index in [9.17, 15) is 8.42 Å². The Bertz CT molecular complexity index is 1070. The molecule has 134 valence electrons. The monoisotopic (exact) mass is 369 g/mol. The number of pyridine rings is 1. The van der Waals surface area contributed by atoms with Crippen LogP contribution in [0.25, 0.3) is 10.9 Å². The summed E-state index contributed by atoms with van der Waals surface area (Å²) in [5.74, 6) is 0.548. The number of sulfonamides is 1. The molecule has 2 aliphatic rings. The summed E-state index contributed by atoms with van der Waals surface area (Å²) < 4.78 is 29.8. The summed E-state index contributed by atoms with van der Waals surface area (Å²) in [6, 6.07) is 9.01. The van der Waals surface area contributed by atoms with Crippen LogP contribution in [0.5, 0.6) is 0 Å². The molecule has 1 atom stereocenters. The van der Waals surface area contributed by atoms with Gasteiger partial charge in [0.25, 0.3) is 0 Å². The minimum Gasteiger partial charge on any atom is -0.255 e. The molecule has 1 aromatic carbocycles. The average molecular weight is 369 g/mol. The summed E-state index contributed by atoms with van der Waals surface area (Å²) >= 11 is 0. The maximum absolute atomic E-state index is 13.2. The second-order valence-corrected chi connectivity index (χ2v) is 8.94. The van der Waals surface area contributed by atoms with Gasteiger partial charge in [0.05, 0.1) is 17.3 Å². The van der Waals surface area contributed by atoms with E-state index in [1.54, 1.807) is 22.6 Å². The van der Waals surface area contributed by atoms with Gasteiger partial charge in [0.2, 0.25) is 10.0 Å². The first-order valence-corrected chi connectivity index (χ1v) is 10.3. The van der Waals surface area contributed by atoms with Crippen molar-refractivity contribution in [3.05, 3.63) is 48.4 Å². The fraction of sp³-hybridized carbons (Fsp3) is 0.389. The van der Waals surface area contributed by atoms with Crippen LogP contribution in [-0.2, 0) is 10.0 Å². The minimum absolute atomic E-state index is 0.0349. The van der Waals surface area contributed by atoms with Gasteiger partial charge in [-0.25, -0.2) is 13.1 Å². The molecule has 2 fully saturated rings. The van der Waals surface area contributed by atoms with Gasteiger partial charge in [0.1, 0.15) is 4.90 Å². The number of benzene rings is 1. The Kier molecular flexibility index (Phi) is 3.58. The summed E-state index contributed by atoms with van der Waals surface area (Å²) in [6.07, 6.45) is 6.71. The van der Waals surface area contributed by atoms with Gasteiger partial charge >= 0.3 is 0 Å². The summed E-state index contributed by atoms with van der Waals surface area (Å²) in [6.45, 7) is 0.897.